The highest BCUT2D eigenvalue weighted by atomic mass is 16.6. The molecule has 0 amide bonds. The first-order valence-electron chi connectivity index (χ1n) is 6.00. The summed E-state index contributed by atoms with van der Waals surface area (Å²) < 4.78 is 4.72. The molecule has 1 N–H and O–H groups in total. The molecule has 1 aromatic carbocycles. The molecule has 6 heteroatoms. The Labute approximate surface area is 111 Å². The number of nitro groups is 1. The molecule has 0 aliphatic carbocycles. The number of nitrogens with zero attached hydrogens (tertiary/aromatic N) is 1. The van der Waals surface area contributed by atoms with Crippen LogP contribution in [0.25, 0.3) is 0 Å². The zero-order chi connectivity index (χ0) is 14.4. The molecule has 104 valence electrons. The highest BCUT2D eigenvalue weighted by molar-refractivity contribution is 5.75. The summed E-state index contributed by atoms with van der Waals surface area (Å²) in [5.74, 6) is -0.206. The topological polar surface area (TPSA) is 81.5 Å². The van der Waals surface area contributed by atoms with E-state index in [1.54, 1.807) is 12.1 Å². The van der Waals surface area contributed by atoms with E-state index in [0.717, 1.165) is 5.56 Å². The fourth-order valence-electron chi connectivity index (χ4n) is 1.68. The van der Waals surface area contributed by atoms with E-state index in [1.165, 1.54) is 19.2 Å². The molecule has 0 bridgehead atoms. The second kappa shape index (κ2) is 6.84. The lowest BCUT2D eigenvalue weighted by molar-refractivity contribution is -0.384. The van der Waals surface area contributed by atoms with Gasteiger partial charge in [0.15, 0.2) is 0 Å². The van der Waals surface area contributed by atoms with Crippen molar-refractivity contribution in [2.45, 2.75) is 26.4 Å². The Morgan fingerprint density at radius 3 is 2.37 bits per heavy atom. The van der Waals surface area contributed by atoms with E-state index in [9.17, 15) is 14.9 Å². The van der Waals surface area contributed by atoms with E-state index in [4.69, 9.17) is 4.74 Å². The average Bonchev–Trinajstić information content (AvgIpc) is 2.38. The lowest BCUT2D eigenvalue weighted by atomic mass is 10.0. The van der Waals surface area contributed by atoms with E-state index >= 15 is 0 Å². The predicted octanol–water partition coefficient (Wildman–Crippen LogP) is 1.88. The van der Waals surface area contributed by atoms with Crippen molar-refractivity contribution in [2.24, 2.45) is 5.92 Å². The van der Waals surface area contributed by atoms with E-state index in [-0.39, 0.29) is 23.6 Å². The van der Waals surface area contributed by atoms with Crippen molar-refractivity contribution < 1.29 is 14.5 Å². The SMILES string of the molecule is COC(=O)C(NCc1ccc([N+](=O)[O-])cc1)C(C)C. The summed E-state index contributed by atoms with van der Waals surface area (Å²) in [4.78, 5) is 21.6. The third-order valence-electron chi connectivity index (χ3n) is 2.80. The predicted molar refractivity (Wildman–Crippen MR) is 70.6 cm³/mol. The van der Waals surface area contributed by atoms with Crippen molar-refractivity contribution >= 4 is 11.7 Å². The van der Waals surface area contributed by atoms with Gasteiger partial charge in [-0.2, -0.15) is 0 Å². The molecule has 0 aromatic heterocycles. The Kier molecular flexibility index (Phi) is 5.44. The molecule has 0 heterocycles. The number of ether oxygens (including phenoxy) is 1. The lowest BCUT2D eigenvalue weighted by Gasteiger charge is -2.19. The van der Waals surface area contributed by atoms with E-state index in [2.05, 4.69) is 5.32 Å². The van der Waals surface area contributed by atoms with Gasteiger partial charge in [0.05, 0.1) is 12.0 Å². The molecule has 6 nitrogen and oxygen atoms in total. The fraction of sp³-hybridized carbons (Fsp3) is 0.462. The maximum absolute atomic E-state index is 11.5. The van der Waals surface area contributed by atoms with Gasteiger partial charge in [-0.15, -0.1) is 0 Å². The molecule has 0 aliphatic rings. The number of non-ortho nitro benzene ring substituents is 1. The molecule has 1 rings (SSSR count). The van der Waals surface area contributed by atoms with Crippen LogP contribution in [0.2, 0.25) is 0 Å². The Bertz CT molecular complexity index is 442. The van der Waals surface area contributed by atoms with Crippen molar-refractivity contribution in [3.8, 4) is 0 Å². The van der Waals surface area contributed by atoms with E-state index < -0.39 is 4.92 Å². The third-order valence-corrected chi connectivity index (χ3v) is 2.80. The van der Waals surface area contributed by atoms with Crippen molar-refractivity contribution in [1.29, 1.82) is 0 Å². The maximum atomic E-state index is 11.5. The van der Waals surface area contributed by atoms with Gasteiger partial charge in [-0.25, -0.2) is 0 Å². The van der Waals surface area contributed by atoms with E-state index in [1.807, 2.05) is 13.8 Å². The second-order valence-electron chi connectivity index (χ2n) is 4.55. The summed E-state index contributed by atoms with van der Waals surface area (Å²) in [5, 5.41) is 13.6. The van der Waals surface area contributed by atoms with Crippen LogP contribution in [-0.4, -0.2) is 24.0 Å². The van der Waals surface area contributed by atoms with Gasteiger partial charge >= 0.3 is 5.97 Å². The first-order chi connectivity index (χ1) is 8.95. The van der Waals surface area contributed by atoms with Crippen molar-refractivity contribution in [3.05, 3.63) is 39.9 Å². The molecule has 1 unspecified atom stereocenters. The van der Waals surface area contributed by atoms with Crippen LogP contribution in [0.5, 0.6) is 0 Å². The molecule has 19 heavy (non-hydrogen) atoms. The van der Waals surface area contributed by atoms with Crippen LogP contribution >= 0.6 is 0 Å². The van der Waals surface area contributed by atoms with Crippen molar-refractivity contribution in [2.75, 3.05) is 7.11 Å². The summed E-state index contributed by atoms with van der Waals surface area (Å²) in [6, 6.07) is 5.83. The van der Waals surface area contributed by atoms with E-state index in [0.29, 0.717) is 6.54 Å². The first-order valence-corrected chi connectivity index (χ1v) is 6.00. The fourth-order valence-corrected chi connectivity index (χ4v) is 1.68. The number of carbonyl (C=O) groups is 1. The third kappa shape index (κ3) is 4.33. The van der Waals surface area contributed by atoms with Gasteiger partial charge in [0.2, 0.25) is 0 Å². The standard InChI is InChI=1S/C13H18N2O4/c1-9(2)12(13(16)19-3)14-8-10-4-6-11(7-5-10)15(17)18/h4-7,9,12,14H,8H2,1-3H3. The highest BCUT2D eigenvalue weighted by Gasteiger charge is 2.22. The number of carbonyl (C=O) groups excluding carboxylic acids is 1. The number of nitro benzene ring substituents is 1. The van der Waals surface area contributed by atoms with Gasteiger partial charge in [-0.05, 0) is 11.5 Å². The summed E-state index contributed by atoms with van der Waals surface area (Å²) in [6.07, 6.45) is 0. The van der Waals surface area contributed by atoms with Gasteiger partial charge in [0, 0.05) is 18.7 Å². The Morgan fingerprint density at radius 1 is 1.37 bits per heavy atom. The first kappa shape index (κ1) is 15.1. The summed E-state index contributed by atoms with van der Waals surface area (Å²) >= 11 is 0. The minimum absolute atomic E-state index is 0.0529. The number of methoxy groups -OCH3 is 1. The van der Waals surface area contributed by atoms with Crippen LogP contribution in [0, 0.1) is 16.0 Å². The maximum Gasteiger partial charge on any atom is 0.323 e. The molecule has 0 spiro atoms. The van der Waals surface area contributed by atoms with Crippen molar-refractivity contribution in [1.82, 2.24) is 5.32 Å². The Hall–Kier alpha value is -1.95. The molecular weight excluding hydrogens is 248 g/mol. The average molecular weight is 266 g/mol. The number of nitrogens with one attached hydrogen (secondary N) is 1. The number of benzene rings is 1. The molecule has 1 aromatic rings. The number of hydrogen-bond acceptors (Lipinski definition) is 5. The molecule has 0 radical (unpaired) electrons. The van der Waals surface area contributed by atoms with Crippen LogP contribution in [0.3, 0.4) is 0 Å². The van der Waals surface area contributed by atoms with Crippen LogP contribution in [0.1, 0.15) is 19.4 Å². The Balaban J connectivity index is 2.64. The number of rotatable bonds is 6. The van der Waals surface area contributed by atoms with Crippen LogP contribution in [-0.2, 0) is 16.1 Å². The molecule has 1 atom stereocenters. The molecular formula is C13H18N2O4. The number of esters is 1. The van der Waals surface area contributed by atoms with Gasteiger partial charge in [-0.1, -0.05) is 26.0 Å². The van der Waals surface area contributed by atoms with Crippen LogP contribution < -0.4 is 5.32 Å². The molecule has 0 saturated carbocycles. The second-order valence-corrected chi connectivity index (χ2v) is 4.55. The van der Waals surface area contributed by atoms with Gasteiger partial charge in [0.1, 0.15) is 6.04 Å². The monoisotopic (exact) mass is 266 g/mol. The van der Waals surface area contributed by atoms with Crippen LogP contribution in [0.4, 0.5) is 5.69 Å². The van der Waals surface area contributed by atoms with Crippen LogP contribution in [0.15, 0.2) is 24.3 Å². The normalized spacial score (nSPS) is 12.2. The Morgan fingerprint density at radius 2 is 1.95 bits per heavy atom. The quantitative estimate of drug-likeness (QED) is 0.483. The smallest absolute Gasteiger partial charge is 0.323 e. The van der Waals surface area contributed by atoms with Gasteiger partial charge in [0.25, 0.3) is 5.69 Å². The van der Waals surface area contributed by atoms with Gasteiger partial charge in [-0.3, -0.25) is 14.9 Å². The zero-order valence-electron chi connectivity index (χ0n) is 11.3. The van der Waals surface area contributed by atoms with Crippen molar-refractivity contribution in [3.63, 3.8) is 0 Å². The summed E-state index contributed by atoms with van der Waals surface area (Å²) in [7, 11) is 1.35. The van der Waals surface area contributed by atoms with Gasteiger partial charge < -0.3 is 10.1 Å². The minimum atomic E-state index is -0.442. The summed E-state index contributed by atoms with van der Waals surface area (Å²) in [5.41, 5.74) is 0.928. The lowest BCUT2D eigenvalue weighted by Crippen LogP contribution is -2.41. The summed E-state index contributed by atoms with van der Waals surface area (Å²) in [6.45, 7) is 4.30. The largest absolute Gasteiger partial charge is 0.468 e. The molecule has 0 aliphatic heterocycles. The zero-order valence-corrected chi connectivity index (χ0v) is 11.3. The molecule has 0 saturated heterocycles. The molecule has 0 fully saturated rings. The minimum Gasteiger partial charge on any atom is -0.468 e. The number of hydrogen-bond donors (Lipinski definition) is 1. The highest BCUT2D eigenvalue weighted by Crippen LogP contribution is 2.12.